The molecular weight excluding hydrogens is 197 g/mol. The van der Waals surface area contributed by atoms with E-state index in [0.29, 0.717) is 0 Å². The summed E-state index contributed by atoms with van der Waals surface area (Å²) in [7, 11) is 1.31. The van der Waals surface area contributed by atoms with Gasteiger partial charge >= 0.3 is 0 Å². The van der Waals surface area contributed by atoms with Crippen molar-refractivity contribution in [1.29, 1.82) is 0 Å². The molecule has 0 amide bonds. The second-order valence-electron chi connectivity index (χ2n) is 2.74. The molecule has 0 aromatic heterocycles. The summed E-state index contributed by atoms with van der Waals surface area (Å²) in [6, 6.07) is 1.74. The molecule has 0 fully saturated rings. The van der Waals surface area contributed by atoms with E-state index in [9.17, 15) is 18.3 Å². The molecule has 1 unspecified atom stereocenters. The Kier molecular flexibility index (Phi) is 3.49. The fourth-order valence-corrected chi connectivity index (χ4v) is 1.05. The van der Waals surface area contributed by atoms with E-state index in [1.54, 1.807) is 0 Å². The van der Waals surface area contributed by atoms with Crippen LogP contribution in [-0.4, -0.2) is 18.8 Å². The van der Waals surface area contributed by atoms with Gasteiger partial charge in [-0.3, -0.25) is 0 Å². The van der Waals surface area contributed by atoms with Crippen molar-refractivity contribution in [2.45, 2.75) is 6.10 Å². The number of rotatable bonds is 3. The van der Waals surface area contributed by atoms with Gasteiger partial charge in [0.05, 0.1) is 6.61 Å². The number of halogens is 3. The van der Waals surface area contributed by atoms with Gasteiger partial charge in [0, 0.05) is 12.7 Å². The van der Waals surface area contributed by atoms with Crippen LogP contribution in [0.25, 0.3) is 0 Å². The van der Waals surface area contributed by atoms with Gasteiger partial charge in [-0.2, -0.15) is 0 Å². The maximum absolute atomic E-state index is 13.0. The maximum Gasteiger partial charge on any atom is 0.194 e. The first-order chi connectivity index (χ1) is 6.57. The van der Waals surface area contributed by atoms with Crippen molar-refractivity contribution in [3.8, 4) is 0 Å². The van der Waals surface area contributed by atoms with Crippen molar-refractivity contribution in [3.63, 3.8) is 0 Å². The highest BCUT2D eigenvalue weighted by Gasteiger charge is 2.18. The van der Waals surface area contributed by atoms with E-state index in [0.717, 1.165) is 12.1 Å². The molecule has 0 aliphatic rings. The molecule has 14 heavy (non-hydrogen) atoms. The zero-order valence-corrected chi connectivity index (χ0v) is 7.43. The Morgan fingerprint density at radius 1 is 1.29 bits per heavy atom. The highest BCUT2D eigenvalue weighted by atomic mass is 19.2. The van der Waals surface area contributed by atoms with Gasteiger partial charge in [0.25, 0.3) is 0 Å². The third-order valence-electron chi connectivity index (χ3n) is 1.75. The second kappa shape index (κ2) is 4.43. The summed E-state index contributed by atoms with van der Waals surface area (Å²) in [6.07, 6.45) is -1.30. The molecule has 0 saturated carbocycles. The van der Waals surface area contributed by atoms with Gasteiger partial charge in [0.1, 0.15) is 6.10 Å². The van der Waals surface area contributed by atoms with Crippen LogP contribution >= 0.6 is 0 Å². The van der Waals surface area contributed by atoms with Crippen molar-refractivity contribution in [1.82, 2.24) is 0 Å². The molecule has 1 atom stereocenters. The topological polar surface area (TPSA) is 29.5 Å². The maximum atomic E-state index is 13.0. The molecule has 1 aromatic carbocycles. The summed E-state index contributed by atoms with van der Waals surface area (Å²) in [5.41, 5.74) is -0.314. The van der Waals surface area contributed by atoms with Crippen LogP contribution in [0.15, 0.2) is 12.1 Å². The van der Waals surface area contributed by atoms with Crippen LogP contribution in [0.5, 0.6) is 0 Å². The van der Waals surface area contributed by atoms with Crippen LogP contribution < -0.4 is 0 Å². The van der Waals surface area contributed by atoms with Gasteiger partial charge in [-0.25, -0.2) is 13.2 Å². The molecule has 1 N–H and O–H groups in total. The average Bonchev–Trinajstić information content (AvgIpc) is 2.15. The molecule has 0 aliphatic carbocycles. The Morgan fingerprint density at radius 3 is 2.50 bits per heavy atom. The number of aliphatic hydroxyl groups is 1. The van der Waals surface area contributed by atoms with E-state index in [4.69, 9.17) is 0 Å². The second-order valence-corrected chi connectivity index (χ2v) is 2.74. The Labute approximate surface area is 78.9 Å². The largest absolute Gasteiger partial charge is 0.386 e. The SMILES string of the molecule is COCC(O)c1ccc(F)c(F)c1F. The van der Waals surface area contributed by atoms with E-state index in [1.807, 2.05) is 0 Å². The predicted octanol–water partition coefficient (Wildman–Crippen LogP) is 1.78. The minimum Gasteiger partial charge on any atom is -0.386 e. The monoisotopic (exact) mass is 206 g/mol. The molecular formula is C9H9F3O2. The van der Waals surface area contributed by atoms with Gasteiger partial charge < -0.3 is 9.84 Å². The summed E-state index contributed by atoms with van der Waals surface area (Å²) in [5.74, 6) is -4.25. The van der Waals surface area contributed by atoms with Crippen LogP contribution in [0.4, 0.5) is 13.2 Å². The lowest BCUT2D eigenvalue weighted by molar-refractivity contribution is 0.0615. The Hall–Kier alpha value is -1.07. The van der Waals surface area contributed by atoms with Crippen molar-refractivity contribution in [2.75, 3.05) is 13.7 Å². The van der Waals surface area contributed by atoms with E-state index in [2.05, 4.69) is 4.74 Å². The standard InChI is InChI=1S/C9H9F3O2/c1-14-4-7(13)5-2-3-6(10)9(12)8(5)11/h2-3,7,13H,4H2,1H3. The Balaban J connectivity index is 3.04. The molecule has 0 saturated heterocycles. The minimum absolute atomic E-state index is 0.179. The Bertz CT molecular complexity index is 328. The summed E-state index contributed by atoms with van der Waals surface area (Å²) in [4.78, 5) is 0. The molecule has 0 heterocycles. The molecule has 0 aliphatic heterocycles. The fraction of sp³-hybridized carbons (Fsp3) is 0.333. The van der Waals surface area contributed by atoms with Crippen LogP contribution in [0.2, 0.25) is 0 Å². The number of benzene rings is 1. The molecule has 0 bridgehead atoms. The van der Waals surface area contributed by atoms with E-state index in [-0.39, 0.29) is 12.2 Å². The van der Waals surface area contributed by atoms with E-state index in [1.165, 1.54) is 7.11 Å². The smallest absolute Gasteiger partial charge is 0.194 e. The average molecular weight is 206 g/mol. The number of hydrogen-bond acceptors (Lipinski definition) is 2. The molecule has 5 heteroatoms. The van der Waals surface area contributed by atoms with Crippen LogP contribution in [0.3, 0.4) is 0 Å². The van der Waals surface area contributed by atoms with Crippen molar-refractivity contribution < 1.29 is 23.0 Å². The normalized spacial score (nSPS) is 12.9. The number of hydrogen-bond donors (Lipinski definition) is 1. The quantitative estimate of drug-likeness (QED) is 0.764. The summed E-state index contributed by atoms with van der Waals surface area (Å²) < 4.78 is 42.7. The minimum atomic E-state index is -1.59. The van der Waals surface area contributed by atoms with Crippen molar-refractivity contribution >= 4 is 0 Å². The molecule has 0 radical (unpaired) electrons. The highest BCUT2D eigenvalue weighted by molar-refractivity contribution is 5.22. The molecule has 78 valence electrons. The predicted molar refractivity (Wildman–Crippen MR) is 43.2 cm³/mol. The lowest BCUT2D eigenvalue weighted by Gasteiger charge is -2.10. The van der Waals surface area contributed by atoms with Crippen molar-refractivity contribution in [2.24, 2.45) is 0 Å². The first kappa shape index (κ1) is 11.0. The molecule has 0 spiro atoms. The third-order valence-corrected chi connectivity index (χ3v) is 1.75. The van der Waals surface area contributed by atoms with Gasteiger partial charge in [0.2, 0.25) is 0 Å². The lowest BCUT2D eigenvalue weighted by atomic mass is 10.1. The van der Waals surface area contributed by atoms with Crippen LogP contribution in [0, 0.1) is 17.5 Å². The fourth-order valence-electron chi connectivity index (χ4n) is 1.05. The third kappa shape index (κ3) is 2.05. The van der Waals surface area contributed by atoms with E-state index < -0.39 is 23.6 Å². The zero-order chi connectivity index (χ0) is 10.7. The van der Waals surface area contributed by atoms with Crippen LogP contribution in [0.1, 0.15) is 11.7 Å². The first-order valence-corrected chi connectivity index (χ1v) is 3.88. The summed E-state index contributed by atoms with van der Waals surface area (Å²) in [5, 5.41) is 9.26. The first-order valence-electron chi connectivity index (χ1n) is 3.88. The van der Waals surface area contributed by atoms with Gasteiger partial charge in [-0.15, -0.1) is 0 Å². The van der Waals surface area contributed by atoms with Gasteiger partial charge in [-0.05, 0) is 6.07 Å². The van der Waals surface area contributed by atoms with Gasteiger partial charge in [0.15, 0.2) is 17.5 Å². The number of methoxy groups -OCH3 is 1. The highest BCUT2D eigenvalue weighted by Crippen LogP contribution is 2.21. The molecule has 1 aromatic rings. The van der Waals surface area contributed by atoms with E-state index >= 15 is 0 Å². The molecule has 1 rings (SSSR count). The van der Waals surface area contributed by atoms with Crippen molar-refractivity contribution in [3.05, 3.63) is 35.1 Å². The summed E-state index contributed by atoms with van der Waals surface area (Å²) >= 11 is 0. The lowest BCUT2D eigenvalue weighted by Crippen LogP contribution is -2.09. The zero-order valence-electron chi connectivity index (χ0n) is 7.43. The van der Waals surface area contributed by atoms with Gasteiger partial charge in [-0.1, -0.05) is 6.07 Å². The summed E-state index contributed by atoms with van der Waals surface area (Å²) in [6.45, 7) is -0.179. The number of ether oxygens (including phenoxy) is 1. The molecule has 2 nitrogen and oxygen atoms in total. The number of aliphatic hydroxyl groups excluding tert-OH is 1. The Morgan fingerprint density at radius 2 is 1.93 bits per heavy atom. The van der Waals surface area contributed by atoms with Crippen LogP contribution in [-0.2, 0) is 4.74 Å².